The van der Waals surface area contributed by atoms with Gasteiger partial charge in [-0.1, -0.05) is 30.3 Å². The van der Waals surface area contributed by atoms with Crippen molar-refractivity contribution in [3.05, 3.63) is 59.7 Å². The van der Waals surface area contributed by atoms with Crippen molar-refractivity contribution in [1.82, 2.24) is 0 Å². The Hall–Kier alpha value is -2.00. The average Bonchev–Trinajstić information content (AvgIpc) is 2.47. The fourth-order valence-corrected chi connectivity index (χ4v) is 2.17. The molecule has 1 atom stereocenters. The summed E-state index contributed by atoms with van der Waals surface area (Å²) in [6.45, 7) is 2.83. The number of nitrogens with one attached hydrogen (secondary N) is 1. The Balaban J connectivity index is 2.10. The summed E-state index contributed by atoms with van der Waals surface area (Å²) in [6, 6.07) is 15.7. The van der Waals surface area contributed by atoms with Crippen LogP contribution in [-0.2, 0) is 11.2 Å². The van der Waals surface area contributed by atoms with Crippen molar-refractivity contribution in [2.24, 2.45) is 0 Å². The van der Waals surface area contributed by atoms with Crippen LogP contribution >= 0.6 is 0 Å². The molecule has 1 unspecified atom stereocenters. The molecule has 3 nitrogen and oxygen atoms in total. The standard InChI is InChI=1S/C17H21NO2/c1-13(14-7-9-16(19)10-8-14)18-17-6-4-3-5-15(17)11-12-20-2/h3-10,13,18-19H,11-12H2,1-2H3. The van der Waals surface area contributed by atoms with Gasteiger partial charge < -0.3 is 15.2 Å². The molecular formula is C17H21NO2. The van der Waals surface area contributed by atoms with E-state index >= 15 is 0 Å². The number of phenols is 1. The van der Waals surface area contributed by atoms with E-state index in [1.807, 2.05) is 24.3 Å². The fourth-order valence-electron chi connectivity index (χ4n) is 2.17. The Morgan fingerprint density at radius 1 is 1.10 bits per heavy atom. The zero-order chi connectivity index (χ0) is 14.4. The third-order valence-electron chi connectivity index (χ3n) is 3.36. The van der Waals surface area contributed by atoms with E-state index < -0.39 is 0 Å². The molecule has 2 aromatic carbocycles. The lowest BCUT2D eigenvalue weighted by atomic mass is 10.1. The zero-order valence-corrected chi connectivity index (χ0v) is 12.0. The molecule has 0 amide bonds. The lowest BCUT2D eigenvalue weighted by molar-refractivity contribution is 0.202. The highest BCUT2D eigenvalue weighted by Crippen LogP contribution is 2.24. The molecule has 0 bridgehead atoms. The van der Waals surface area contributed by atoms with Crippen LogP contribution in [0.25, 0.3) is 0 Å². The van der Waals surface area contributed by atoms with Crippen molar-refractivity contribution < 1.29 is 9.84 Å². The average molecular weight is 271 g/mol. The zero-order valence-electron chi connectivity index (χ0n) is 12.0. The lowest BCUT2D eigenvalue weighted by Crippen LogP contribution is -2.09. The van der Waals surface area contributed by atoms with E-state index in [0.717, 1.165) is 17.7 Å². The first-order valence-corrected chi connectivity index (χ1v) is 6.83. The summed E-state index contributed by atoms with van der Waals surface area (Å²) in [5, 5.41) is 12.9. The van der Waals surface area contributed by atoms with Gasteiger partial charge in [0.1, 0.15) is 5.75 Å². The second kappa shape index (κ2) is 6.96. The third-order valence-corrected chi connectivity index (χ3v) is 3.36. The van der Waals surface area contributed by atoms with E-state index in [1.165, 1.54) is 5.56 Å². The predicted octanol–water partition coefficient (Wildman–Crippen LogP) is 3.75. The monoisotopic (exact) mass is 271 g/mol. The molecule has 106 valence electrons. The summed E-state index contributed by atoms with van der Waals surface area (Å²) in [7, 11) is 1.72. The molecule has 0 aliphatic rings. The molecule has 0 aromatic heterocycles. The number of phenolic OH excluding ortho intramolecular Hbond substituents is 1. The van der Waals surface area contributed by atoms with Gasteiger partial charge in [0.05, 0.1) is 6.61 Å². The molecule has 0 aliphatic carbocycles. The van der Waals surface area contributed by atoms with Crippen LogP contribution in [0.1, 0.15) is 24.1 Å². The van der Waals surface area contributed by atoms with Gasteiger partial charge in [0.15, 0.2) is 0 Å². The third kappa shape index (κ3) is 3.75. The van der Waals surface area contributed by atoms with E-state index in [9.17, 15) is 5.11 Å². The highest BCUT2D eigenvalue weighted by atomic mass is 16.5. The highest BCUT2D eigenvalue weighted by molar-refractivity contribution is 5.52. The quantitative estimate of drug-likeness (QED) is 0.840. The minimum absolute atomic E-state index is 0.180. The van der Waals surface area contributed by atoms with E-state index in [4.69, 9.17) is 4.74 Å². The van der Waals surface area contributed by atoms with Crippen LogP contribution in [-0.4, -0.2) is 18.8 Å². The van der Waals surface area contributed by atoms with Gasteiger partial charge in [-0.15, -0.1) is 0 Å². The Labute approximate surface area is 120 Å². The van der Waals surface area contributed by atoms with E-state index in [0.29, 0.717) is 12.4 Å². The lowest BCUT2D eigenvalue weighted by Gasteiger charge is -2.18. The summed E-state index contributed by atoms with van der Waals surface area (Å²) >= 11 is 0. The number of methoxy groups -OCH3 is 1. The van der Waals surface area contributed by atoms with Gasteiger partial charge in [0.25, 0.3) is 0 Å². The molecule has 3 heteroatoms. The summed E-state index contributed by atoms with van der Waals surface area (Å²) < 4.78 is 5.15. The topological polar surface area (TPSA) is 41.5 Å². The molecule has 0 fully saturated rings. The first kappa shape index (κ1) is 14.4. The summed E-state index contributed by atoms with van der Waals surface area (Å²) in [4.78, 5) is 0. The summed E-state index contributed by atoms with van der Waals surface area (Å²) in [5.74, 6) is 0.293. The Kier molecular flexibility index (Phi) is 5.02. The first-order chi connectivity index (χ1) is 9.70. The first-order valence-electron chi connectivity index (χ1n) is 6.83. The molecule has 0 radical (unpaired) electrons. The van der Waals surface area contributed by atoms with Gasteiger partial charge in [-0.25, -0.2) is 0 Å². The van der Waals surface area contributed by atoms with Crippen molar-refractivity contribution in [2.45, 2.75) is 19.4 Å². The predicted molar refractivity (Wildman–Crippen MR) is 82.2 cm³/mol. The van der Waals surface area contributed by atoms with E-state index in [2.05, 4.69) is 24.4 Å². The molecule has 0 spiro atoms. The number of rotatable bonds is 6. The molecular weight excluding hydrogens is 250 g/mol. The number of anilines is 1. The van der Waals surface area contributed by atoms with Crippen LogP contribution in [0.3, 0.4) is 0 Å². The maximum Gasteiger partial charge on any atom is 0.115 e. The van der Waals surface area contributed by atoms with Crippen molar-refractivity contribution >= 4 is 5.69 Å². The largest absolute Gasteiger partial charge is 0.508 e. The van der Waals surface area contributed by atoms with Crippen molar-refractivity contribution in [3.63, 3.8) is 0 Å². The number of hydrogen-bond donors (Lipinski definition) is 2. The minimum atomic E-state index is 0.180. The van der Waals surface area contributed by atoms with Gasteiger partial charge in [-0.05, 0) is 42.7 Å². The van der Waals surface area contributed by atoms with Crippen LogP contribution < -0.4 is 5.32 Å². The van der Waals surface area contributed by atoms with Crippen LogP contribution in [0.5, 0.6) is 5.75 Å². The maximum absolute atomic E-state index is 9.34. The minimum Gasteiger partial charge on any atom is -0.508 e. The molecule has 20 heavy (non-hydrogen) atoms. The normalized spacial score (nSPS) is 12.1. The maximum atomic E-state index is 9.34. The number of ether oxygens (including phenoxy) is 1. The molecule has 0 aliphatic heterocycles. The number of hydrogen-bond acceptors (Lipinski definition) is 3. The van der Waals surface area contributed by atoms with Crippen molar-refractivity contribution in [3.8, 4) is 5.75 Å². The Morgan fingerprint density at radius 3 is 2.50 bits per heavy atom. The Bertz CT molecular complexity index is 537. The van der Waals surface area contributed by atoms with Gasteiger partial charge in [0.2, 0.25) is 0 Å². The molecule has 0 heterocycles. The second-order valence-electron chi connectivity index (χ2n) is 4.86. The second-order valence-corrected chi connectivity index (χ2v) is 4.86. The van der Waals surface area contributed by atoms with Crippen LogP contribution in [0.15, 0.2) is 48.5 Å². The SMILES string of the molecule is COCCc1ccccc1NC(C)c1ccc(O)cc1. The number of para-hydroxylation sites is 1. The van der Waals surface area contributed by atoms with Crippen LogP contribution in [0.2, 0.25) is 0 Å². The fraction of sp³-hybridized carbons (Fsp3) is 0.294. The van der Waals surface area contributed by atoms with Gasteiger partial charge in [-0.2, -0.15) is 0 Å². The number of aromatic hydroxyl groups is 1. The Morgan fingerprint density at radius 2 is 1.80 bits per heavy atom. The van der Waals surface area contributed by atoms with Crippen LogP contribution in [0, 0.1) is 0 Å². The van der Waals surface area contributed by atoms with E-state index in [-0.39, 0.29) is 6.04 Å². The highest BCUT2D eigenvalue weighted by Gasteiger charge is 2.08. The molecule has 2 rings (SSSR count). The van der Waals surface area contributed by atoms with Crippen molar-refractivity contribution in [1.29, 1.82) is 0 Å². The number of benzene rings is 2. The molecule has 2 aromatic rings. The van der Waals surface area contributed by atoms with Gasteiger partial charge in [0, 0.05) is 18.8 Å². The van der Waals surface area contributed by atoms with Crippen LogP contribution in [0.4, 0.5) is 5.69 Å². The van der Waals surface area contributed by atoms with E-state index in [1.54, 1.807) is 19.2 Å². The summed E-state index contributed by atoms with van der Waals surface area (Å²) in [6.07, 6.45) is 0.891. The van der Waals surface area contributed by atoms with Gasteiger partial charge >= 0.3 is 0 Å². The van der Waals surface area contributed by atoms with Crippen molar-refractivity contribution in [2.75, 3.05) is 19.0 Å². The molecule has 0 saturated heterocycles. The summed E-state index contributed by atoms with van der Waals surface area (Å²) in [5.41, 5.74) is 3.52. The molecule has 0 saturated carbocycles. The molecule has 2 N–H and O–H groups in total. The smallest absolute Gasteiger partial charge is 0.115 e. The van der Waals surface area contributed by atoms with Gasteiger partial charge in [-0.3, -0.25) is 0 Å².